The number of carboxylic acid groups (broad SMARTS) is 1. The van der Waals surface area contributed by atoms with Crippen molar-refractivity contribution in [1.82, 2.24) is 0 Å². The molecule has 5 aromatic rings. The van der Waals surface area contributed by atoms with Gasteiger partial charge < -0.3 is 14.6 Å². The van der Waals surface area contributed by atoms with E-state index in [4.69, 9.17) is 37.8 Å². The first kappa shape index (κ1) is 34.0. The number of benzene rings is 5. The lowest BCUT2D eigenvalue weighted by molar-refractivity contribution is -0.139. The van der Waals surface area contributed by atoms with Crippen LogP contribution in [0.4, 0.5) is 8.78 Å². The highest BCUT2D eigenvalue weighted by Crippen LogP contribution is 2.37. The Balaban J connectivity index is 1.53. The summed E-state index contributed by atoms with van der Waals surface area (Å²) in [4.78, 5) is 11.9. The Hall–Kier alpha value is -4.30. The number of aliphatic carboxylic acids is 1. The number of carboxylic acids is 1. The van der Waals surface area contributed by atoms with Gasteiger partial charge in [0.15, 0.2) is 6.61 Å². The average molecular weight is 692 g/mol. The third kappa shape index (κ3) is 8.55. The summed E-state index contributed by atoms with van der Waals surface area (Å²) in [6, 6.07) is 30.0. The summed E-state index contributed by atoms with van der Waals surface area (Å²) < 4.78 is 39.1. The van der Waals surface area contributed by atoms with Gasteiger partial charge in [0.25, 0.3) is 0 Å². The van der Waals surface area contributed by atoms with E-state index in [2.05, 4.69) is 0 Å². The van der Waals surface area contributed by atoms with Crippen LogP contribution in [0.3, 0.4) is 0 Å². The molecule has 0 saturated heterocycles. The molecule has 0 spiro atoms. The molecule has 240 valence electrons. The number of hydrogen-bond donors (Lipinski definition) is 1. The Labute approximate surface area is 286 Å². The summed E-state index contributed by atoms with van der Waals surface area (Å²) >= 11 is 14.3. The molecule has 0 heterocycles. The average Bonchev–Trinajstić information content (AvgIpc) is 3.04. The summed E-state index contributed by atoms with van der Waals surface area (Å²) in [7, 11) is 0. The van der Waals surface area contributed by atoms with Gasteiger partial charge in [0.05, 0.1) is 22.4 Å². The maximum absolute atomic E-state index is 13.7. The molecule has 0 radical (unpaired) electrons. The highest BCUT2D eigenvalue weighted by atomic mass is 35.5. The number of thioether (sulfide) groups is 1. The summed E-state index contributed by atoms with van der Waals surface area (Å²) in [6.07, 6.45) is 0. The van der Waals surface area contributed by atoms with Gasteiger partial charge >= 0.3 is 5.97 Å². The van der Waals surface area contributed by atoms with Crippen LogP contribution >= 0.6 is 35.0 Å². The van der Waals surface area contributed by atoms with Crippen LogP contribution in [0, 0.1) is 18.6 Å². The van der Waals surface area contributed by atoms with E-state index in [0.29, 0.717) is 28.2 Å². The first-order valence-corrected chi connectivity index (χ1v) is 16.4. The van der Waals surface area contributed by atoms with E-state index in [1.54, 1.807) is 30.0 Å². The minimum absolute atomic E-state index is 0.324. The van der Waals surface area contributed by atoms with Gasteiger partial charge in [-0.25, -0.2) is 13.6 Å². The smallest absolute Gasteiger partial charge is 0.341 e. The van der Waals surface area contributed by atoms with Crippen LogP contribution in [0.15, 0.2) is 114 Å². The molecule has 0 aliphatic heterocycles. The number of ether oxygens (including phenoxy) is 2. The summed E-state index contributed by atoms with van der Waals surface area (Å²) in [5.41, 5.74) is 6.62. The minimum atomic E-state index is -1.04. The molecule has 5 aromatic carbocycles. The molecule has 47 heavy (non-hydrogen) atoms. The van der Waals surface area contributed by atoms with E-state index in [0.717, 1.165) is 55.2 Å². The fourth-order valence-electron chi connectivity index (χ4n) is 5.09. The molecule has 0 amide bonds. The molecular formula is C38H30Cl2F2O4S. The van der Waals surface area contributed by atoms with E-state index >= 15 is 0 Å². The van der Waals surface area contributed by atoms with Crippen LogP contribution in [0.2, 0.25) is 10.0 Å². The van der Waals surface area contributed by atoms with Crippen LogP contribution in [-0.2, 0) is 9.53 Å². The van der Waals surface area contributed by atoms with Crippen LogP contribution in [-0.4, -0.2) is 30.0 Å². The second kappa shape index (κ2) is 15.5. The molecule has 1 N–H and O–H groups in total. The second-order valence-corrected chi connectivity index (χ2v) is 12.4. The van der Waals surface area contributed by atoms with Gasteiger partial charge in [-0.2, -0.15) is 0 Å². The predicted molar refractivity (Wildman–Crippen MR) is 186 cm³/mol. The highest BCUT2D eigenvalue weighted by molar-refractivity contribution is 7.99. The van der Waals surface area contributed by atoms with E-state index in [1.807, 2.05) is 74.5 Å². The third-order valence-electron chi connectivity index (χ3n) is 7.30. The Kier molecular flexibility index (Phi) is 11.2. The number of hydrogen-bond acceptors (Lipinski definition) is 4. The molecule has 0 atom stereocenters. The molecule has 0 bridgehead atoms. The van der Waals surface area contributed by atoms with Crippen molar-refractivity contribution < 1.29 is 28.2 Å². The molecule has 0 saturated carbocycles. The zero-order valence-electron chi connectivity index (χ0n) is 25.5. The fraction of sp³-hybridized carbons (Fsp3) is 0.132. The first-order chi connectivity index (χ1) is 22.6. The topological polar surface area (TPSA) is 55.8 Å². The molecule has 4 nitrogen and oxygen atoms in total. The number of halogens is 4. The Morgan fingerprint density at radius 1 is 0.766 bits per heavy atom. The number of rotatable bonds is 12. The van der Waals surface area contributed by atoms with E-state index in [9.17, 15) is 13.6 Å². The monoisotopic (exact) mass is 690 g/mol. The summed E-state index contributed by atoms with van der Waals surface area (Å²) in [5, 5.41) is 9.61. The lowest BCUT2D eigenvalue weighted by Gasteiger charge is -2.18. The molecule has 0 aromatic heterocycles. The van der Waals surface area contributed by atoms with Crippen molar-refractivity contribution in [3.05, 3.63) is 147 Å². The van der Waals surface area contributed by atoms with Gasteiger partial charge in [-0.15, -0.1) is 11.8 Å². The predicted octanol–water partition coefficient (Wildman–Crippen LogP) is 11.0. The Morgan fingerprint density at radius 3 is 1.74 bits per heavy atom. The van der Waals surface area contributed by atoms with Crippen molar-refractivity contribution in [1.29, 1.82) is 0 Å². The minimum Gasteiger partial charge on any atom is -0.497 e. The van der Waals surface area contributed by atoms with Crippen molar-refractivity contribution >= 4 is 46.5 Å². The molecule has 9 heteroatoms. The SMILES string of the molecule is CCOC(CSc1ccc(OCC(=O)O)c(C)c1)=C(c1ccc(-c2ccc(F)cc2Cl)cc1)c1ccc(-c2ccc(F)cc2Cl)cc1. The van der Waals surface area contributed by atoms with E-state index < -0.39 is 24.2 Å². The second-order valence-electron chi connectivity index (χ2n) is 10.5. The first-order valence-electron chi connectivity index (χ1n) is 14.7. The fourth-order valence-corrected chi connectivity index (χ4v) is 6.59. The lowest BCUT2D eigenvalue weighted by atomic mass is 9.93. The van der Waals surface area contributed by atoms with Crippen LogP contribution < -0.4 is 4.74 Å². The number of carbonyl (C=O) groups is 1. The quantitative estimate of drug-likeness (QED) is 0.104. The molecule has 0 fully saturated rings. The van der Waals surface area contributed by atoms with Gasteiger partial charge in [0.1, 0.15) is 23.1 Å². The molecule has 0 aliphatic carbocycles. The maximum atomic E-state index is 13.7. The van der Waals surface area contributed by atoms with E-state index in [-0.39, 0.29) is 0 Å². The van der Waals surface area contributed by atoms with Gasteiger partial charge in [-0.1, -0.05) is 71.7 Å². The molecule has 0 unspecified atom stereocenters. The Morgan fingerprint density at radius 2 is 1.30 bits per heavy atom. The lowest BCUT2D eigenvalue weighted by Crippen LogP contribution is -2.10. The van der Waals surface area contributed by atoms with Crippen LogP contribution in [0.25, 0.3) is 27.8 Å². The van der Waals surface area contributed by atoms with Crippen molar-refractivity contribution in [2.75, 3.05) is 19.0 Å². The summed E-state index contributed by atoms with van der Waals surface area (Å²) in [5.74, 6) is -0.0776. The zero-order chi connectivity index (χ0) is 33.5. The van der Waals surface area contributed by atoms with E-state index in [1.165, 1.54) is 24.3 Å². The van der Waals surface area contributed by atoms with Gasteiger partial charge in [-0.05, 0) is 96.3 Å². The van der Waals surface area contributed by atoms with Crippen LogP contribution in [0.1, 0.15) is 23.6 Å². The van der Waals surface area contributed by atoms with Gasteiger partial charge in [0, 0.05) is 21.6 Å². The van der Waals surface area contributed by atoms with Crippen molar-refractivity contribution in [2.45, 2.75) is 18.7 Å². The highest BCUT2D eigenvalue weighted by Gasteiger charge is 2.17. The van der Waals surface area contributed by atoms with Crippen molar-refractivity contribution in [3.8, 4) is 28.0 Å². The molecular weight excluding hydrogens is 661 g/mol. The van der Waals surface area contributed by atoms with Crippen LogP contribution in [0.5, 0.6) is 5.75 Å². The Bertz CT molecular complexity index is 1830. The van der Waals surface area contributed by atoms with Gasteiger partial charge in [-0.3, -0.25) is 0 Å². The number of aryl methyl sites for hydroxylation is 1. The standard InChI is InChI=1S/C38H30Cl2F2O4S/c1-3-45-36(22-47-30-14-17-35(23(2)18-30)46-21-37(43)44)38(26-8-4-24(5-9-26)31-15-12-28(41)19-33(31)39)27-10-6-25(7-11-27)32-16-13-29(42)20-34(32)40/h4-20H,3,21-22H2,1-2H3,(H,43,44). The molecule has 0 aliphatic rings. The largest absolute Gasteiger partial charge is 0.497 e. The molecule has 5 rings (SSSR count). The van der Waals surface area contributed by atoms with Gasteiger partial charge in [0.2, 0.25) is 0 Å². The maximum Gasteiger partial charge on any atom is 0.341 e. The van der Waals surface area contributed by atoms with Crippen molar-refractivity contribution in [2.24, 2.45) is 0 Å². The zero-order valence-corrected chi connectivity index (χ0v) is 27.9. The van der Waals surface area contributed by atoms with Crippen molar-refractivity contribution in [3.63, 3.8) is 0 Å². The summed E-state index contributed by atoms with van der Waals surface area (Å²) in [6.45, 7) is 3.83. The third-order valence-corrected chi connectivity index (χ3v) is 8.92. The normalized spacial score (nSPS) is 10.9.